The maximum Gasteiger partial charge on any atom is 0.326 e. The molecule has 0 saturated carbocycles. The predicted octanol–water partition coefficient (Wildman–Crippen LogP) is 1.12. The number of amides is 1. The second-order valence-electron chi connectivity index (χ2n) is 4.02. The molecule has 0 fully saturated rings. The predicted molar refractivity (Wildman–Crippen MR) is 66.8 cm³/mol. The highest BCUT2D eigenvalue weighted by molar-refractivity contribution is 5.96. The summed E-state index contributed by atoms with van der Waals surface area (Å²) < 4.78 is 0. The van der Waals surface area contributed by atoms with Gasteiger partial charge in [-0.15, -0.1) is 0 Å². The number of hydrogen-bond donors (Lipinski definition) is 3. The van der Waals surface area contributed by atoms with Crippen LogP contribution in [0.15, 0.2) is 30.3 Å². The molecule has 1 aromatic rings. The van der Waals surface area contributed by atoms with Crippen LogP contribution in [0.2, 0.25) is 0 Å². The van der Waals surface area contributed by atoms with E-state index < -0.39 is 23.9 Å². The molecular weight excluding hydrogens is 250 g/mol. The van der Waals surface area contributed by atoms with E-state index in [1.165, 1.54) is 0 Å². The summed E-state index contributed by atoms with van der Waals surface area (Å²) in [7, 11) is 0. The molecule has 0 aromatic heterocycles. The average molecular weight is 265 g/mol. The fourth-order valence-corrected chi connectivity index (χ4v) is 1.55. The van der Waals surface area contributed by atoms with Crippen molar-refractivity contribution < 1.29 is 24.6 Å². The number of benzene rings is 1. The quantitative estimate of drug-likeness (QED) is 0.685. The van der Waals surface area contributed by atoms with Gasteiger partial charge in [-0.3, -0.25) is 9.59 Å². The number of carbonyl (C=O) groups excluding carboxylic acids is 1. The van der Waals surface area contributed by atoms with Gasteiger partial charge in [0.25, 0.3) is 5.91 Å². The molecule has 1 rings (SSSR count). The summed E-state index contributed by atoms with van der Waals surface area (Å²) in [6, 6.07) is 7.17. The normalized spacial score (nSPS) is 11.6. The second kappa shape index (κ2) is 7.15. The van der Waals surface area contributed by atoms with Gasteiger partial charge in [-0.2, -0.15) is 0 Å². The highest BCUT2D eigenvalue weighted by atomic mass is 16.4. The van der Waals surface area contributed by atoms with Crippen LogP contribution in [0, 0.1) is 0 Å². The zero-order valence-corrected chi connectivity index (χ0v) is 10.2. The molecular formula is C13H15NO5. The van der Waals surface area contributed by atoms with Crippen molar-refractivity contribution in [2.45, 2.75) is 25.3 Å². The summed E-state index contributed by atoms with van der Waals surface area (Å²) in [5.74, 6) is -2.64. The minimum atomic E-state index is -1.17. The molecule has 1 amide bonds. The molecule has 19 heavy (non-hydrogen) atoms. The van der Waals surface area contributed by atoms with E-state index in [2.05, 4.69) is 5.32 Å². The third-order valence-corrected chi connectivity index (χ3v) is 2.52. The molecule has 0 aliphatic heterocycles. The third-order valence-electron chi connectivity index (χ3n) is 2.52. The van der Waals surface area contributed by atoms with Gasteiger partial charge in [0.1, 0.15) is 6.04 Å². The van der Waals surface area contributed by atoms with Crippen molar-refractivity contribution in [3.8, 4) is 0 Å². The van der Waals surface area contributed by atoms with Gasteiger partial charge in [0, 0.05) is 12.0 Å². The van der Waals surface area contributed by atoms with Crippen molar-refractivity contribution in [3.63, 3.8) is 0 Å². The maximum absolute atomic E-state index is 11.8. The first-order valence-electron chi connectivity index (χ1n) is 5.81. The van der Waals surface area contributed by atoms with E-state index in [1.807, 2.05) is 0 Å². The molecule has 3 N–H and O–H groups in total. The van der Waals surface area contributed by atoms with Crippen LogP contribution in [-0.4, -0.2) is 34.1 Å². The van der Waals surface area contributed by atoms with Crippen molar-refractivity contribution >= 4 is 17.8 Å². The van der Waals surface area contributed by atoms with Crippen LogP contribution in [0.3, 0.4) is 0 Å². The van der Waals surface area contributed by atoms with Gasteiger partial charge in [0.2, 0.25) is 0 Å². The van der Waals surface area contributed by atoms with Crippen LogP contribution < -0.4 is 5.32 Å². The van der Waals surface area contributed by atoms with E-state index >= 15 is 0 Å². The first-order valence-corrected chi connectivity index (χ1v) is 5.81. The molecule has 1 atom stereocenters. The Morgan fingerprint density at radius 1 is 1.11 bits per heavy atom. The smallest absolute Gasteiger partial charge is 0.326 e. The summed E-state index contributed by atoms with van der Waals surface area (Å²) in [5.41, 5.74) is 0.368. The number of rotatable bonds is 7. The molecule has 0 radical (unpaired) electrons. The van der Waals surface area contributed by atoms with Crippen LogP contribution in [0.1, 0.15) is 29.6 Å². The highest BCUT2D eigenvalue weighted by Gasteiger charge is 2.20. The average Bonchev–Trinajstić information content (AvgIpc) is 2.37. The Kier molecular flexibility index (Phi) is 5.53. The molecule has 0 heterocycles. The van der Waals surface area contributed by atoms with Gasteiger partial charge in [-0.1, -0.05) is 18.2 Å². The zero-order valence-electron chi connectivity index (χ0n) is 10.2. The number of aliphatic carboxylic acids is 2. The summed E-state index contributed by atoms with van der Waals surface area (Å²) in [6.07, 6.45) is 0.159. The van der Waals surface area contributed by atoms with E-state index in [1.54, 1.807) is 30.3 Å². The lowest BCUT2D eigenvalue weighted by atomic mass is 10.1. The van der Waals surface area contributed by atoms with Gasteiger partial charge in [-0.25, -0.2) is 4.79 Å². The topological polar surface area (TPSA) is 104 Å². The molecule has 0 spiro atoms. The van der Waals surface area contributed by atoms with E-state index in [9.17, 15) is 14.4 Å². The van der Waals surface area contributed by atoms with E-state index in [0.29, 0.717) is 5.56 Å². The standard InChI is InChI=1S/C13H15NO5/c15-11(16)8-4-7-10(13(18)19)14-12(17)9-5-2-1-3-6-9/h1-3,5-6,10H,4,7-8H2,(H,14,17)(H,15,16)(H,18,19). The Morgan fingerprint density at radius 3 is 2.26 bits per heavy atom. The van der Waals surface area contributed by atoms with Crippen LogP contribution in [0.4, 0.5) is 0 Å². The Bertz CT molecular complexity index is 457. The Hall–Kier alpha value is -2.37. The largest absolute Gasteiger partial charge is 0.481 e. The molecule has 6 nitrogen and oxygen atoms in total. The summed E-state index contributed by atoms with van der Waals surface area (Å²) in [6.45, 7) is 0. The number of carbonyl (C=O) groups is 3. The lowest BCUT2D eigenvalue weighted by Gasteiger charge is -2.13. The number of nitrogens with one attached hydrogen (secondary N) is 1. The Morgan fingerprint density at radius 2 is 1.74 bits per heavy atom. The van der Waals surface area contributed by atoms with Crippen molar-refractivity contribution in [2.24, 2.45) is 0 Å². The maximum atomic E-state index is 11.8. The number of carboxylic acid groups (broad SMARTS) is 2. The van der Waals surface area contributed by atoms with Gasteiger partial charge < -0.3 is 15.5 Å². The molecule has 0 bridgehead atoms. The third kappa shape index (κ3) is 5.20. The lowest BCUT2D eigenvalue weighted by Crippen LogP contribution is -2.40. The van der Waals surface area contributed by atoms with Crippen molar-refractivity contribution in [2.75, 3.05) is 0 Å². The first-order chi connectivity index (χ1) is 9.00. The summed E-state index contributed by atoms with van der Waals surface area (Å²) in [5, 5.41) is 19.8. The fraction of sp³-hybridized carbons (Fsp3) is 0.308. The monoisotopic (exact) mass is 265 g/mol. The number of carboxylic acids is 2. The van der Waals surface area contributed by atoms with E-state index in [4.69, 9.17) is 10.2 Å². The van der Waals surface area contributed by atoms with Crippen LogP contribution in [-0.2, 0) is 9.59 Å². The fourth-order valence-electron chi connectivity index (χ4n) is 1.55. The minimum absolute atomic E-state index is 0.0835. The van der Waals surface area contributed by atoms with Crippen molar-refractivity contribution in [1.29, 1.82) is 0 Å². The molecule has 0 aliphatic rings. The molecule has 0 aliphatic carbocycles. The summed E-state index contributed by atoms with van der Waals surface area (Å²) in [4.78, 5) is 33.1. The molecule has 102 valence electrons. The molecule has 1 aromatic carbocycles. The van der Waals surface area contributed by atoms with Crippen molar-refractivity contribution in [3.05, 3.63) is 35.9 Å². The van der Waals surface area contributed by atoms with Crippen LogP contribution in [0.25, 0.3) is 0 Å². The van der Waals surface area contributed by atoms with Gasteiger partial charge >= 0.3 is 11.9 Å². The Balaban J connectivity index is 2.56. The molecule has 0 saturated heterocycles. The highest BCUT2D eigenvalue weighted by Crippen LogP contribution is 2.04. The second-order valence-corrected chi connectivity index (χ2v) is 4.02. The van der Waals surface area contributed by atoms with Crippen LogP contribution in [0.5, 0.6) is 0 Å². The number of hydrogen-bond acceptors (Lipinski definition) is 3. The zero-order chi connectivity index (χ0) is 14.3. The first kappa shape index (κ1) is 14.7. The summed E-state index contributed by atoms with van der Waals surface area (Å²) >= 11 is 0. The molecule has 6 heteroatoms. The molecule has 1 unspecified atom stereocenters. The van der Waals surface area contributed by atoms with Crippen molar-refractivity contribution in [1.82, 2.24) is 5.32 Å². The van der Waals surface area contributed by atoms with Gasteiger partial charge in [-0.05, 0) is 25.0 Å². The lowest BCUT2D eigenvalue weighted by molar-refractivity contribution is -0.140. The van der Waals surface area contributed by atoms with Crippen LogP contribution >= 0.6 is 0 Å². The van der Waals surface area contributed by atoms with Gasteiger partial charge in [0.15, 0.2) is 0 Å². The Labute approximate surface area is 110 Å². The van der Waals surface area contributed by atoms with Gasteiger partial charge in [0.05, 0.1) is 0 Å². The van der Waals surface area contributed by atoms with E-state index in [-0.39, 0.29) is 19.3 Å². The SMILES string of the molecule is O=C(O)CCCC(NC(=O)c1ccccc1)C(=O)O. The van der Waals surface area contributed by atoms with E-state index in [0.717, 1.165) is 0 Å². The minimum Gasteiger partial charge on any atom is -0.481 e.